The van der Waals surface area contributed by atoms with Gasteiger partial charge in [-0.25, -0.2) is 0 Å². The molecule has 2 aromatic carbocycles. The van der Waals surface area contributed by atoms with Gasteiger partial charge in [0.15, 0.2) is 17.3 Å². The molecule has 140 valence electrons. The van der Waals surface area contributed by atoms with Crippen LogP contribution in [0.25, 0.3) is 12.2 Å². The molecule has 0 radical (unpaired) electrons. The molecule has 0 bridgehead atoms. The Morgan fingerprint density at radius 1 is 1.04 bits per heavy atom. The lowest BCUT2D eigenvalue weighted by Crippen LogP contribution is -2.12. The van der Waals surface area contributed by atoms with E-state index < -0.39 is 0 Å². The maximum absolute atomic E-state index is 13.0. The highest BCUT2D eigenvalue weighted by Crippen LogP contribution is 2.35. The Hall–Kier alpha value is -2.53. The molecule has 3 rings (SSSR count). The van der Waals surface area contributed by atoms with Crippen molar-refractivity contribution in [3.05, 3.63) is 63.1 Å². The van der Waals surface area contributed by atoms with E-state index >= 15 is 0 Å². The number of para-hydroxylation sites is 1. The van der Waals surface area contributed by atoms with Crippen LogP contribution in [0.4, 0.5) is 0 Å². The van der Waals surface area contributed by atoms with Gasteiger partial charge in [-0.3, -0.25) is 4.79 Å². The summed E-state index contributed by atoms with van der Waals surface area (Å²) in [6.45, 7) is 0. The van der Waals surface area contributed by atoms with Gasteiger partial charge in [0, 0.05) is 16.7 Å². The van der Waals surface area contributed by atoms with Crippen LogP contribution < -0.4 is 9.47 Å². The second-order valence-corrected chi connectivity index (χ2v) is 7.17. The molecule has 1 N–H and O–H groups in total. The fraction of sp³-hybridized carbons (Fsp3) is 0.227. The predicted octanol–water partition coefficient (Wildman–Crippen LogP) is 5.39. The second-order valence-electron chi connectivity index (χ2n) is 6.32. The molecule has 1 aliphatic carbocycles. The number of ether oxygens (including phenoxy) is 2. The van der Waals surface area contributed by atoms with Gasteiger partial charge in [-0.05, 0) is 71.1 Å². The number of aromatic hydroxyl groups is 1. The average Bonchev–Trinajstić information content (AvgIpc) is 2.67. The molecule has 2 aromatic rings. The molecule has 27 heavy (non-hydrogen) atoms. The number of methoxy groups -OCH3 is 2. The molecule has 4 nitrogen and oxygen atoms in total. The van der Waals surface area contributed by atoms with Gasteiger partial charge in [0.1, 0.15) is 5.75 Å². The number of phenols is 1. The Morgan fingerprint density at radius 2 is 1.78 bits per heavy atom. The van der Waals surface area contributed by atoms with Crippen molar-refractivity contribution >= 4 is 33.9 Å². The van der Waals surface area contributed by atoms with E-state index in [-0.39, 0.29) is 11.5 Å². The van der Waals surface area contributed by atoms with E-state index in [0.29, 0.717) is 16.0 Å². The highest BCUT2D eigenvalue weighted by atomic mass is 79.9. The summed E-state index contributed by atoms with van der Waals surface area (Å²) in [4.78, 5) is 13.0. The van der Waals surface area contributed by atoms with Crippen molar-refractivity contribution in [3.63, 3.8) is 0 Å². The lowest BCUT2D eigenvalue weighted by molar-refractivity contribution is -0.112. The number of hydrogen-bond donors (Lipinski definition) is 1. The molecule has 0 unspecified atom stereocenters. The summed E-state index contributed by atoms with van der Waals surface area (Å²) in [5, 5.41) is 9.63. The standard InChI is InChI=1S/C22H21BrO4/c1-26-20-8-4-7-17(22(20)27-2)13-16-6-3-5-15(21(16)25)11-14-9-10-19(24)18(23)12-14/h4,7-13,24H,3,5-6H2,1-2H3/b15-11+,16-13+. The van der Waals surface area contributed by atoms with E-state index in [9.17, 15) is 9.90 Å². The fourth-order valence-electron chi connectivity index (χ4n) is 3.21. The minimum Gasteiger partial charge on any atom is -0.507 e. The van der Waals surface area contributed by atoms with E-state index in [1.54, 1.807) is 32.4 Å². The molecule has 0 spiro atoms. The quantitative estimate of drug-likeness (QED) is 0.662. The Balaban J connectivity index is 1.94. The van der Waals surface area contributed by atoms with Crippen LogP contribution in [0, 0.1) is 0 Å². The molecular weight excluding hydrogens is 408 g/mol. The second kappa shape index (κ2) is 8.44. The van der Waals surface area contributed by atoms with Crippen molar-refractivity contribution in [1.82, 2.24) is 0 Å². The summed E-state index contributed by atoms with van der Waals surface area (Å²) in [5.41, 5.74) is 3.24. The average molecular weight is 429 g/mol. The van der Waals surface area contributed by atoms with Gasteiger partial charge in [0.25, 0.3) is 0 Å². The Bertz CT molecular complexity index is 928. The van der Waals surface area contributed by atoms with Crippen LogP contribution in [0.15, 0.2) is 52.0 Å². The Morgan fingerprint density at radius 3 is 2.44 bits per heavy atom. The molecule has 0 atom stereocenters. The fourth-order valence-corrected chi connectivity index (χ4v) is 3.60. The number of carbonyl (C=O) groups is 1. The van der Waals surface area contributed by atoms with Gasteiger partial charge >= 0.3 is 0 Å². The van der Waals surface area contributed by atoms with Crippen molar-refractivity contribution in [1.29, 1.82) is 0 Å². The SMILES string of the molecule is COc1cccc(/C=C2\CCC/C(=C\c3ccc(O)c(Br)c3)C2=O)c1OC. The summed E-state index contributed by atoms with van der Waals surface area (Å²) >= 11 is 3.31. The van der Waals surface area contributed by atoms with Crippen molar-refractivity contribution in [2.24, 2.45) is 0 Å². The predicted molar refractivity (Wildman–Crippen MR) is 110 cm³/mol. The summed E-state index contributed by atoms with van der Waals surface area (Å²) in [6.07, 6.45) is 6.17. The molecule has 5 heteroatoms. The molecular formula is C22H21BrO4. The smallest absolute Gasteiger partial charge is 0.185 e. The minimum absolute atomic E-state index is 0.0512. The summed E-state index contributed by atoms with van der Waals surface area (Å²) in [7, 11) is 3.19. The van der Waals surface area contributed by atoms with Crippen LogP contribution in [0.5, 0.6) is 17.2 Å². The van der Waals surface area contributed by atoms with E-state index in [1.807, 2.05) is 30.4 Å². The van der Waals surface area contributed by atoms with E-state index in [0.717, 1.165) is 41.5 Å². The maximum atomic E-state index is 13.0. The van der Waals surface area contributed by atoms with E-state index in [2.05, 4.69) is 15.9 Å². The van der Waals surface area contributed by atoms with Crippen LogP contribution in [0.1, 0.15) is 30.4 Å². The van der Waals surface area contributed by atoms with Gasteiger partial charge in [0.05, 0.1) is 18.7 Å². The molecule has 0 aromatic heterocycles. The molecule has 1 saturated carbocycles. The van der Waals surface area contributed by atoms with Crippen molar-refractivity contribution in [3.8, 4) is 17.2 Å². The van der Waals surface area contributed by atoms with E-state index in [4.69, 9.17) is 9.47 Å². The molecule has 0 amide bonds. The zero-order valence-electron chi connectivity index (χ0n) is 15.3. The van der Waals surface area contributed by atoms with Crippen LogP contribution in [-0.2, 0) is 4.79 Å². The van der Waals surface area contributed by atoms with Crippen molar-refractivity contribution in [2.75, 3.05) is 14.2 Å². The number of phenolic OH excluding ortho intramolecular Hbond substituents is 1. The van der Waals surface area contributed by atoms with Crippen LogP contribution in [0.2, 0.25) is 0 Å². The van der Waals surface area contributed by atoms with Crippen LogP contribution >= 0.6 is 15.9 Å². The minimum atomic E-state index is 0.0512. The van der Waals surface area contributed by atoms with Gasteiger partial charge in [0.2, 0.25) is 0 Å². The zero-order chi connectivity index (χ0) is 19.4. The first-order valence-corrected chi connectivity index (χ1v) is 9.48. The Kier molecular flexibility index (Phi) is 6.01. The molecule has 0 heterocycles. The Labute approximate surface area is 167 Å². The third-order valence-electron chi connectivity index (χ3n) is 4.55. The van der Waals surface area contributed by atoms with Gasteiger partial charge < -0.3 is 14.6 Å². The number of benzene rings is 2. The summed E-state index contributed by atoms with van der Waals surface area (Å²) in [5.74, 6) is 1.49. The number of carbonyl (C=O) groups excluding carboxylic acids is 1. The lowest BCUT2D eigenvalue weighted by Gasteiger charge is -2.17. The molecule has 0 aliphatic heterocycles. The number of Topliss-reactive ketones (excluding diaryl/α,β-unsaturated/α-hetero) is 1. The van der Waals surface area contributed by atoms with Crippen LogP contribution in [0.3, 0.4) is 0 Å². The number of halogens is 1. The molecule has 1 aliphatic rings. The third-order valence-corrected chi connectivity index (χ3v) is 5.19. The highest BCUT2D eigenvalue weighted by Gasteiger charge is 2.21. The molecule has 1 fully saturated rings. The lowest BCUT2D eigenvalue weighted by atomic mass is 9.86. The summed E-state index contributed by atoms with van der Waals surface area (Å²) < 4.78 is 11.4. The van der Waals surface area contributed by atoms with Gasteiger partial charge in [-0.15, -0.1) is 0 Å². The third kappa shape index (κ3) is 4.25. The van der Waals surface area contributed by atoms with E-state index in [1.165, 1.54) is 0 Å². The maximum Gasteiger partial charge on any atom is 0.185 e. The topological polar surface area (TPSA) is 55.8 Å². The summed E-state index contributed by atoms with van der Waals surface area (Å²) in [6, 6.07) is 10.8. The zero-order valence-corrected chi connectivity index (χ0v) is 16.9. The number of rotatable bonds is 4. The molecule has 0 saturated heterocycles. The van der Waals surface area contributed by atoms with Gasteiger partial charge in [-0.1, -0.05) is 18.2 Å². The van der Waals surface area contributed by atoms with Crippen LogP contribution in [-0.4, -0.2) is 25.1 Å². The number of hydrogen-bond acceptors (Lipinski definition) is 4. The largest absolute Gasteiger partial charge is 0.507 e. The first-order valence-electron chi connectivity index (χ1n) is 8.69. The number of allylic oxidation sites excluding steroid dienone is 2. The normalized spacial score (nSPS) is 17.4. The number of ketones is 1. The first-order chi connectivity index (χ1) is 13.0. The highest BCUT2D eigenvalue weighted by molar-refractivity contribution is 9.10. The van der Waals surface area contributed by atoms with Crippen molar-refractivity contribution < 1.29 is 19.4 Å². The first kappa shape index (κ1) is 19.2. The monoisotopic (exact) mass is 428 g/mol. The van der Waals surface area contributed by atoms with Crippen molar-refractivity contribution in [2.45, 2.75) is 19.3 Å². The van der Waals surface area contributed by atoms with Gasteiger partial charge in [-0.2, -0.15) is 0 Å².